The van der Waals surface area contributed by atoms with Gasteiger partial charge in [-0.2, -0.15) is 0 Å². The fourth-order valence-corrected chi connectivity index (χ4v) is 1.36. The van der Waals surface area contributed by atoms with E-state index in [0.717, 1.165) is 0 Å². The maximum atomic E-state index is 10.5. The van der Waals surface area contributed by atoms with Crippen molar-refractivity contribution in [2.24, 2.45) is 5.16 Å². The second kappa shape index (κ2) is 3.85. The number of carboxylic acid groups (broad SMARTS) is 1. The quantitative estimate of drug-likeness (QED) is 0.375. The van der Waals surface area contributed by atoms with Crippen LogP contribution in [0.4, 0.5) is 5.13 Å². The Morgan fingerprint density at radius 2 is 2.46 bits per heavy atom. The number of hydrogen-bond acceptors (Lipinski definition) is 6. The molecule has 0 aliphatic rings. The van der Waals surface area contributed by atoms with Crippen molar-refractivity contribution in [1.82, 2.24) is 4.98 Å². The third kappa shape index (κ3) is 1.94. The van der Waals surface area contributed by atoms with E-state index in [4.69, 9.17) is 10.3 Å². The molecule has 0 aliphatic heterocycles. The van der Waals surface area contributed by atoms with E-state index in [9.17, 15) is 4.79 Å². The summed E-state index contributed by atoms with van der Waals surface area (Å²) < 4.78 is 0. The first-order valence-corrected chi connectivity index (χ1v) is 4.16. The molecule has 70 valence electrons. The third-order valence-electron chi connectivity index (χ3n) is 1.26. The molecule has 6 nitrogen and oxygen atoms in total. The summed E-state index contributed by atoms with van der Waals surface area (Å²) in [6.45, 7) is 0. The lowest BCUT2D eigenvalue weighted by Gasteiger charge is -1.92. The molecule has 0 saturated heterocycles. The highest BCUT2D eigenvalue weighted by Crippen LogP contribution is 2.14. The Bertz CT molecular complexity index is 347. The molecule has 1 aromatic rings. The topological polar surface area (TPSA) is 94.8 Å². The SMILES string of the molecule is CNc1nc(/C(=N/O)C(=O)O)cs1. The minimum Gasteiger partial charge on any atom is -0.476 e. The van der Waals surface area contributed by atoms with Crippen molar-refractivity contribution in [1.29, 1.82) is 0 Å². The number of thiazole rings is 1. The van der Waals surface area contributed by atoms with Crippen LogP contribution in [0.1, 0.15) is 5.69 Å². The van der Waals surface area contributed by atoms with Gasteiger partial charge in [-0.3, -0.25) is 0 Å². The zero-order valence-electron chi connectivity index (χ0n) is 6.68. The summed E-state index contributed by atoms with van der Waals surface area (Å²) in [5.41, 5.74) is -0.317. The lowest BCUT2D eigenvalue weighted by atomic mass is 10.3. The molecule has 0 bridgehead atoms. The number of carboxylic acids is 1. The molecule has 0 aliphatic carbocycles. The summed E-state index contributed by atoms with van der Waals surface area (Å²) in [5.74, 6) is -1.31. The van der Waals surface area contributed by atoms with Crippen LogP contribution in [-0.4, -0.2) is 34.0 Å². The van der Waals surface area contributed by atoms with Gasteiger partial charge >= 0.3 is 5.97 Å². The Morgan fingerprint density at radius 3 is 2.85 bits per heavy atom. The Balaban J connectivity index is 3.00. The highest BCUT2D eigenvalue weighted by molar-refractivity contribution is 7.14. The van der Waals surface area contributed by atoms with Gasteiger partial charge in [-0.05, 0) is 0 Å². The summed E-state index contributed by atoms with van der Waals surface area (Å²) in [6.07, 6.45) is 0. The lowest BCUT2D eigenvalue weighted by molar-refractivity contribution is -0.129. The smallest absolute Gasteiger partial charge is 0.360 e. The van der Waals surface area contributed by atoms with Gasteiger partial charge in [0.25, 0.3) is 0 Å². The molecule has 0 amide bonds. The molecule has 0 atom stereocenters. The van der Waals surface area contributed by atoms with E-state index in [1.807, 2.05) is 0 Å². The van der Waals surface area contributed by atoms with Crippen molar-refractivity contribution >= 4 is 28.1 Å². The summed E-state index contributed by atoms with van der Waals surface area (Å²) in [6, 6.07) is 0. The standard InChI is InChI=1S/C6H7N3O3S/c1-7-6-8-3(2-13-6)4(9-12)5(10)11/h2,12H,1H3,(H,7,8)(H,10,11)/b9-4-. The first-order valence-electron chi connectivity index (χ1n) is 3.28. The van der Waals surface area contributed by atoms with Crippen molar-refractivity contribution in [2.45, 2.75) is 0 Å². The average Bonchev–Trinajstić information content (AvgIpc) is 2.53. The van der Waals surface area contributed by atoms with Crippen LogP contribution in [0.25, 0.3) is 0 Å². The monoisotopic (exact) mass is 201 g/mol. The number of hydrogen-bond donors (Lipinski definition) is 3. The number of carbonyl (C=O) groups is 1. The number of oxime groups is 1. The van der Waals surface area contributed by atoms with Gasteiger partial charge in [-0.25, -0.2) is 9.78 Å². The summed E-state index contributed by atoms with van der Waals surface area (Å²) in [4.78, 5) is 14.3. The average molecular weight is 201 g/mol. The highest BCUT2D eigenvalue weighted by atomic mass is 32.1. The van der Waals surface area contributed by atoms with Crippen LogP contribution >= 0.6 is 11.3 Å². The molecule has 1 rings (SSSR count). The van der Waals surface area contributed by atoms with E-state index in [-0.39, 0.29) is 5.69 Å². The highest BCUT2D eigenvalue weighted by Gasteiger charge is 2.16. The molecule has 0 unspecified atom stereocenters. The van der Waals surface area contributed by atoms with Gasteiger partial charge in [0.2, 0.25) is 5.71 Å². The largest absolute Gasteiger partial charge is 0.476 e. The first kappa shape index (κ1) is 9.46. The second-order valence-electron chi connectivity index (χ2n) is 2.04. The molecule has 0 spiro atoms. The number of rotatable bonds is 3. The zero-order chi connectivity index (χ0) is 9.84. The van der Waals surface area contributed by atoms with Crippen molar-refractivity contribution in [3.63, 3.8) is 0 Å². The third-order valence-corrected chi connectivity index (χ3v) is 2.12. The molecule has 0 saturated carbocycles. The Hall–Kier alpha value is -1.63. The number of nitrogens with zero attached hydrogens (tertiary/aromatic N) is 2. The van der Waals surface area contributed by atoms with Gasteiger partial charge in [0, 0.05) is 12.4 Å². The molecule has 7 heteroatoms. The summed E-state index contributed by atoms with van der Waals surface area (Å²) >= 11 is 1.23. The van der Waals surface area contributed by atoms with Crippen LogP contribution in [0.5, 0.6) is 0 Å². The summed E-state index contributed by atoms with van der Waals surface area (Å²) in [5, 5.41) is 24.4. The van der Waals surface area contributed by atoms with Crippen LogP contribution in [0.2, 0.25) is 0 Å². The molecule has 0 radical (unpaired) electrons. The lowest BCUT2D eigenvalue weighted by Crippen LogP contribution is -2.14. The van der Waals surface area contributed by atoms with Crippen molar-refractivity contribution in [2.75, 3.05) is 12.4 Å². The molecule has 1 aromatic heterocycles. The second-order valence-corrected chi connectivity index (χ2v) is 2.90. The minimum atomic E-state index is -1.31. The van der Waals surface area contributed by atoms with Gasteiger partial charge in [0.15, 0.2) is 5.13 Å². The van der Waals surface area contributed by atoms with Crippen molar-refractivity contribution in [3.8, 4) is 0 Å². The molecular formula is C6H7N3O3S. The predicted molar refractivity (Wildman–Crippen MR) is 47.6 cm³/mol. The molecule has 0 fully saturated rings. The van der Waals surface area contributed by atoms with Crippen molar-refractivity contribution < 1.29 is 15.1 Å². The van der Waals surface area contributed by atoms with Gasteiger partial charge < -0.3 is 15.6 Å². The molecule has 0 aromatic carbocycles. The van der Waals surface area contributed by atoms with E-state index in [0.29, 0.717) is 5.13 Å². The Morgan fingerprint density at radius 1 is 1.77 bits per heavy atom. The van der Waals surface area contributed by atoms with E-state index >= 15 is 0 Å². The van der Waals surface area contributed by atoms with Gasteiger partial charge in [0.1, 0.15) is 5.69 Å². The van der Waals surface area contributed by atoms with Crippen LogP contribution in [0.3, 0.4) is 0 Å². The molecular weight excluding hydrogens is 194 g/mol. The first-order chi connectivity index (χ1) is 6.19. The van der Waals surface area contributed by atoms with Crippen molar-refractivity contribution in [3.05, 3.63) is 11.1 Å². The summed E-state index contributed by atoms with van der Waals surface area (Å²) in [7, 11) is 1.67. The Labute approximate surface area is 77.5 Å². The number of aliphatic carboxylic acids is 1. The number of anilines is 1. The van der Waals surface area contributed by atoms with Crippen LogP contribution in [0, 0.1) is 0 Å². The molecule has 13 heavy (non-hydrogen) atoms. The van der Waals surface area contributed by atoms with E-state index < -0.39 is 11.7 Å². The molecule has 3 N–H and O–H groups in total. The number of aromatic nitrogens is 1. The fourth-order valence-electron chi connectivity index (χ4n) is 0.701. The van der Waals surface area contributed by atoms with E-state index in [2.05, 4.69) is 15.5 Å². The number of nitrogens with one attached hydrogen (secondary N) is 1. The van der Waals surface area contributed by atoms with E-state index in [1.165, 1.54) is 16.7 Å². The van der Waals surface area contributed by atoms with Gasteiger partial charge in [0.05, 0.1) is 0 Å². The minimum absolute atomic E-state index is 0.143. The van der Waals surface area contributed by atoms with Crippen LogP contribution in [-0.2, 0) is 4.79 Å². The van der Waals surface area contributed by atoms with Gasteiger partial charge in [-0.1, -0.05) is 5.16 Å². The predicted octanol–water partition coefficient (Wildman–Crippen LogP) is 0.448. The maximum Gasteiger partial charge on any atom is 0.360 e. The maximum absolute atomic E-state index is 10.5. The zero-order valence-corrected chi connectivity index (χ0v) is 7.50. The fraction of sp³-hybridized carbons (Fsp3) is 0.167. The van der Waals surface area contributed by atoms with Crippen LogP contribution in [0.15, 0.2) is 10.5 Å². The molecule has 1 heterocycles. The Kier molecular flexibility index (Phi) is 2.80. The normalized spacial score (nSPS) is 11.3. The van der Waals surface area contributed by atoms with Crippen LogP contribution < -0.4 is 5.32 Å². The van der Waals surface area contributed by atoms with E-state index in [1.54, 1.807) is 7.05 Å². The van der Waals surface area contributed by atoms with Gasteiger partial charge in [-0.15, -0.1) is 11.3 Å².